The van der Waals surface area contributed by atoms with Crippen LogP contribution in [0.2, 0.25) is 0 Å². The van der Waals surface area contributed by atoms with E-state index >= 15 is 0 Å². The lowest BCUT2D eigenvalue weighted by molar-refractivity contribution is -0.147. The van der Waals surface area contributed by atoms with Gasteiger partial charge in [0.25, 0.3) is 5.91 Å². The summed E-state index contributed by atoms with van der Waals surface area (Å²) in [6, 6.07) is -0.461. The number of amides is 1. The smallest absolute Gasteiger partial charge is 0.260 e. The van der Waals surface area contributed by atoms with Gasteiger partial charge in [0.2, 0.25) is 0 Å². The van der Waals surface area contributed by atoms with Gasteiger partial charge >= 0.3 is 0 Å². The predicted octanol–water partition coefficient (Wildman–Crippen LogP) is 1.35. The molecule has 0 aliphatic carbocycles. The average Bonchev–Trinajstić information content (AvgIpc) is 2.09. The van der Waals surface area contributed by atoms with Gasteiger partial charge in [-0.15, -0.1) is 0 Å². The zero-order chi connectivity index (χ0) is 11.2. The van der Waals surface area contributed by atoms with Crippen molar-refractivity contribution in [3.63, 3.8) is 0 Å². The van der Waals surface area contributed by atoms with E-state index in [0.717, 1.165) is 12.8 Å². The van der Waals surface area contributed by atoms with Crippen LogP contribution in [0.4, 0.5) is 0 Å². The molecular formula is C10H22N2O2. The summed E-state index contributed by atoms with van der Waals surface area (Å²) in [6.07, 6.45) is 2.71. The van der Waals surface area contributed by atoms with Gasteiger partial charge in [-0.05, 0) is 27.2 Å². The third-order valence-electron chi connectivity index (χ3n) is 1.66. The summed E-state index contributed by atoms with van der Waals surface area (Å²) in [5.74, 6) is -0.242. The van der Waals surface area contributed by atoms with Crippen LogP contribution < -0.4 is 11.2 Å². The monoisotopic (exact) mass is 202 g/mol. The first-order valence-electron chi connectivity index (χ1n) is 5.10. The van der Waals surface area contributed by atoms with Gasteiger partial charge in [-0.1, -0.05) is 19.8 Å². The highest BCUT2D eigenvalue weighted by molar-refractivity contribution is 5.80. The van der Waals surface area contributed by atoms with Crippen molar-refractivity contribution >= 4 is 5.91 Å². The predicted molar refractivity (Wildman–Crippen MR) is 56.5 cm³/mol. The second kappa shape index (κ2) is 5.98. The van der Waals surface area contributed by atoms with Crippen LogP contribution >= 0.6 is 0 Å². The molecule has 0 fully saturated rings. The third-order valence-corrected chi connectivity index (χ3v) is 1.66. The standard InChI is InChI=1S/C10H22N2O2/c1-5-6-7-8(11)9(13)12-14-10(2,3)4/h8H,5-7,11H2,1-4H3,(H,12,13)/t8-/m0/s1. The van der Waals surface area contributed by atoms with Crippen molar-refractivity contribution in [2.75, 3.05) is 0 Å². The number of hydrogen-bond donors (Lipinski definition) is 2. The fourth-order valence-corrected chi connectivity index (χ4v) is 0.834. The van der Waals surface area contributed by atoms with Gasteiger partial charge in [-0.3, -0.25) is 9.63 Å². The Hall–Kier alpha value is -0.610. The maximum absolute atomic E-state index is 11.3. The molecule has 0 unspecified atom stereocenters. The van der Waals surface area contributed by atoms with Crippen molar-refractivity contribution in [3.8, 4) is 0 Å². The van der Waals surface area contributed by atoms with Gasteiger partial charge < -0.3 is 5.73 Å². The van der Waals surface area contributed by atoms with Crippen molar-refractivity contribution in [1.29, 1.82) is 0 Å². The molecule has 0 aromatic rings. The molecular weight excluding hydrogens is 180 g/mol. The Labute approximate surface area is 86.1 Å². The molecule has 0 rings (SSSR count). The number of carbonyl (C=O) groups is 1. The molecule has 0 aliphatic rings. The van der Waals surface area contributed by atoms with E-state index in [4.69, 9.17) is 10.6 Å². The molecule has 0 radical (unpaired) electrons. The van der Waals surface area contributed by atoms with E-state index in [1.54, 1.807) is 0 Å². The summed E-state index contributed by atoms with van der Waals surface area (Å²) in [7, 11) is 0. The van der Waals surface area contributed by atoms with Gasteiger partial charge in [-0.2, -0.15) is 0 Å². The van der Waals surface area contributed by atoms with Crippen molar-refractivity contribution in [2.24, 2.45) is 5.73 Å². The zero-order valence-corrected chi connectivity index (χ0v) is 9.59. The molecule has 0 aliphatic heterocycles. The van der Waals surface area contributed by atoms with Crippen LogP contribution in [-0.4, -0.2) is 17.6 Å². The van der Waals surface area contributed by atoms with Crippen molar-refractivity contribution in [1.82, 2.24) is 5.48 Å². The first kappa shape index (κ1) is 13.4. The Morgan fingerprint density at radius 1 is 1.50 bits per heavy atom. The van der Waals surface area contributed by atoms with Crippen molar-refractivity contribution in [3.05, 3.63) is 0 Å². The lowest BCUT2D eigenvalue weighted by Crippen LogP contribution is -2.43. The van der Waals surface area contributed by atoms with E-state index in [0.29, 0.717) is 6.42 Å². The van der Waals surface area contributed by atoms with E-state index in [2.05, 4.69) is 12.4 Å². The molecule has 1 amide bonds. The van der Waals surface area contributed by atoms with Crippen LogP contribution in [-0.2, 0) is 9.63 Å². The van der Waals surface area contributed by atoms with Crippen LogP contribution in [0.1, 0.15) is 47.0 Å². The highest BCUT2D eigenvalue weighted by Crippen LogP contribution is 2.04. The van der Waals surface area contributed by atoms with Gasteiger partial charge in [0.05, 0.1) is 11.6 Å². The highest BCUT2D eigenvalue weighted by atomic mass is 16.7. The first-order valence-corrected chi connectivity index (χ1v) is 5.10. The number of rotatable bonds is 5. The van der Waals surface area contributed by atoms with Gasteiger partial charge in [0, 0.05) is 0 Å². The Bertz CT molecular complexity index is 175. The number of nitrogens with one attached hydrogen (secondary N) is 1. The minimum absolute atomic E-state index is 0.242. The molecule has 4 nitrogen and oxygen atoms in total. The van der Waals surface area contributed by atoms with E-state index in [9.17, 15) is 4.79 Å². The maximum atomic E-state index is 11.3. The maximum Gasteiger partial charge on any atom is 0.260 e. The van der Waals surface area contributed by atoms with E-state index in [1.807, 2.05) is 20.8 Å². The molecule has 0 saturated carbocycles. The minimum Gasteiger partial charge on any atom is -0.320 e. The average molecular weight is 202 g/mol. The van der Waals surface area contributed by atoms with Crippen molar-refractivity contribution in [2.45, 2.75) is 58.6 Å². The molecule has 0 bridgehead atoms. The van der Waals surface area contributed by atoms with E-state index in [-0.39, 0.29) is 11.5 Å². The van der Waals surface area contributed by atoms with Crippen LogP contribution in [0.5, 0.6) is 0 Å². The number of nitrogens with two attached hydrogens (primary N) is 1. The Balaban J connectivity index is 3.73. The molecule has 4 heteroatoms. The number of carbonyl (C=O) groups excluding carboxylic acids is 1. The number of hydroxylamine groups is 1. The normalized spacial score (nSPS) is 13.8. The number of hydrogen-bond acceptors (Lipinski definition) is 3. The lowest BCUT2D eigenvalue weighted by Gasteiger charge is -2.20. The molecule has 1 atom stereocenters. The van der Waals surface area contributed by atoms with Crippen LogP contribution in [0.25, 0.3) is 0 Å². The van der Waals surface area contributed by atoms with E-state index in [1.165, 1.54) is 0 Å². The SMILES string of the molecule is CCCC[C@H](N)C(=O)NOC(C)(C)C. The van der Waals surface area contributed by atoms with Crippen LogP contribution in [0.15, 0.2) is 0 Å². The van der Waals surface area contributed by atoms with E-state index < -0.39 is 6.04 Å². The summed E-state index contributed by atoms with van der Waals surface area (Å²) < 4.78 is 0. The van der Waals surface area contributed by atoms with Gasteiger partial charge in [0.1, 0.15) is 0 Å². The van der Waals surface area contributed by atoms with Crippen LogP contribution in [0.3, 0.4) is 0 Å². The summed E-state index contributed by atoms with van der Waals surface area (Å²) in [6.45, 7) is 7.66. The Morgan fingerprint density at radius 2 is 2.07 bits per heavy atom. The fraction of sp³-hybridized carbons (Fsp3) is 0.900. The number of unbranched alkanes of at least 4 members (excludes halogenated alkanes) is 1. The first-order chi connectivity index (χ1) is 6.37. The third kappa shape index (κ3) is 6.86. The fourth-order valence-electron chi connectivity index (χ4n) is 0.834. The molecule has 3 N–H and O–H groups in total. The minimum atomic E-state index is -0.461. The molecule has 0 aromatic carbocycles. The van der Waals surface area contributed by atoms with Crippen LogP contribution in [0, 0.1) is 0 Å². The summed E-state index contributed by atoms with van der Waals surface area (Å²) >= 11 is 0. The molecule has 14 heavy (non-hydrogen) atoms. The van der Waals surface area contributed by atoms with Gasteiger partial charge in [-0.25, -0.2) is 5.48 Å². The quantitative estimate of drug-likeness (QED) is 0.661. The Kier molecular flexibility index (Phi) is 5.72. The second-order valence-electron chi connectivity index (χ2n) is 4.43. The zero-order valence-electron chi connectivity index (χ0n) is 9.59. The summed E-state index contributed by atoms with van der Waals surface area (Å²) in [5.41, 5.74) is 7.63. The molecule has 84 valence electrons. The lowest BCUT2D eigenvalue weighted by atomic mass is 10.1. The summed E-state index contributed by atoms with van der Waals surface area (Å²) in [5, 5.41) is 0. The molecule has 0 spiro atoms. The summed E-state index contributed by atoms with van der Waals surface area (Å²) in [4.78, 5) is 16.4. The Morgan fingerprint density at radius 3 is 2.50 bits per heavy atom. The largest absolute Gasteiger partial charge is 0.320 e. The highest BCUT2D eigenvalue weighted by Gasteiger charge is 2.16. The molecule has 0 heterocycles. The van der Waals surface area contributed by atoms with Gasteiger partial charge in [0.15, 0.2) is 0 Å². The molecule has 0 aromatic heterocycles. The van der Waals surface area contributed by atoms with Crippen molar-refractivity contribution < 1.29 is 9.63 Å². The molecule has 0 saturated heterocycles. The second-order valence-corrected chi connectivity index (χ2v) is 4.43. The topological polar surface area (TPSA) is 64.4 Å².